The molecule has 2 heterocycles. The van der Waals surface area contributed by atoms with Crippen molar-refractivity contribution in [2.24, 2.45) is 0 Å². The molecule has 0 radical (unpaired) electrons. The smallest absolute Gasteiger partial charge is 0.265 e. The standard InChI is InChI=1S/C17H14N4O3/c1-9-16(22)20-13-5-3-10(6-15(13)24-9)17(23)19-12-4-2-11-8-18-21-14(11)7-12/h2-9H,1H3,(H,18,21)(H,19,23)(H,20,22). The van der Waals surface area contributed by atoms with E-state index in [-0.39, 0.29) is 11.8 Å². The molecule has 7 nitrogen and oxygen atoms in total. The first kappa shape index (κ1) is 14.3. The molecule has 1 aromatic heterocycles. The molecular weight excluding hydrogens is 308 g/mol. The van der Waals surface area contributed by atoms with Gasteiger partial charge in [0, 0.05) is 16.6 Å². The maximum Gasteiger partial charge on any atom is 0.265 e. The van der Waals surface area contributed by atoms with E-state index < -0.39 is 6.10 Å². The molecule has 0 aliphatic carbocycles. The van der Waals surface area contributed by atoms with Gasteiger partial charge in [0.15, 0.2) is 6.10 Å². The van der Waals surface area contributed by atoms with Gasteiger partial charge >= 0.3 is 0 Å². The molecule has 3 N–H and O–H groups in total. The largest absolute Gasteiger partial charge is 0.479 e. The second-order valence-corrected chi connectivity index (χ2v) is 5.59. The molecule has 0 saturated heterocycles. The van der Waals surface area contributed by atoms with Crippen molar-refractivity contribution < 1.29 is 14.3 Å². The Balaban J connectivity index is 1.58. The zero-order chi connectivity index (χ0) is 16.7. The summed E-state index contributed by atoms with van der Waals surface area (Å²) in [5, 5.41) is 13.4. The third kappa shape index (κ3) is 2.45. The van der Waals surface area contributed by atoms with Crippen LogP contribution in [0.2, 0.25) is 0 Å². The fraction of sp³-hybridized carbons (Fsp3) is 0.118. The Morgan fingerprint density at radius 3 is 3.00 bits per heavy atom. The van der Waals surface area contributed by atoms with Crippen molar-refractivity contribution in [3.63, 3.8) is 0 Å². The second-order valence-electron chi connectivity index (χ2n) is 5.59. The molecule has 2 amide bonds. The predicted octanol–water partition coefficient (Wildman–Crippen LogP) is 2.53. The summed E-state index contributed by atoms with van der Waals surface area (Å²) in [6.07, 6.45) is 1.13. The molecule has 1 aliphatic heterocycles. The molecular formula is C17H14N4O3. The van der Waals surface area contributed by atoms with Gasteiger partial charge in [0.05, 0.1) is 17.4 Å². The van der Waals surface area contributed by atoms with Crippen molar-refractivity contribution >= 4 is 34.1 Å². The number of carbonyl (C=O) groups excluding carboxylic acids is 2. The summed E-state index contributed by atoms with van der Waals surface area (Å²) < 4.78 is 5.53. The van der Waals surface area contributed by atoms with Crippen LogP contribution in [-0.4, -0.2) is 28.1 Å². The lowest BCUT2D eigenvalue weighted by Gasteiger charge is -2.23. The number of amides is 2. The molecule has 2 aromatic carbocycles. The molecule has 1 atom stereocenters. The highest BCUT2D eigenvalue weighted by Crippen LogP contribution is 2.30. The maximum atomic E-state index is 12.4. The molecule has 0 fully saturated rings. The van der Waals surface area contributed by atoms with Crippen LogP contribution in [0.5, 0.6) is 5.75 Å². The summed E-state index contributed by atoms with van der Waals surface area (Å²) in [4.78, 5) is 24.0. The number of fused-ring (bicyclic) bond motifs is 2. The van der Waals surface area contributed by atoms with Crippen LogP contribution in [0.4, 0.5) is 11.4 Å². The lowest BCUT2D eigenvalue weighted by Crippen LogP contribution is -2.34. The number of aromatic nitrogens is 2. The van der Waals surface area contributed by atoms with Gasteiger partial charge in [-0.15, -0.1) is 0 Å². The number of carbonyl (C=O) groups is 2. The lowest BCUT2D eigenvalue weighted by atomic mass is 10.1. The summed E-state index contributed by atoms with van der Waals surface area (Å²) in [5.41, 5.74) is 2.52. The van der Waals surface area contributed by atoms with E-state index in [9.17, 15) is 9.59 Å². The van der Waals surface area contributed by atoms with Crippen LogP contribution in [0, 0.1) is 0 Å². The van der Waals surface area contributed by atoms with Crippen molar-refractivity contribution in [3.05, 3.63) is 48.2 Å². The van der Waals surface area contributed by atoms with E-state index in [0.717, 1.165) is 10.9 Å². The highest BCUT2D eigenvalue weighted by molar-refractivity contribution is 6.06. The number of benzene rings is 2. The van der Waals surface area contributed by atoms with Crippen molar-refractivity contribution in [1.29, 1.82) is 0 Å². The van der Waals surface area contributed by atoms with E-state index >= 15 is 0 Å². The quantitative estimate of drug-likeness (QED) is 0.675. The normalized spacial score (nSPS) is 16.2. The van der Waals surface area contributed by atoms with Crippen molar-refractivity contribution in [3.8, 4) is 5.75 Å². The molecule has 0 bridgehead atoms. The van der Waals surface area contributed by atoms with E-state index in [4.69, 9.17) is 4.74 Å². The van der Waals surface area contributed by atoms with E-state index in [1.165, 1.54) is 0 Å². The fourth-order valence-electron chi connectivity index (χ4n) is 2.56. The van der Waals surface area contributed by atoms with Crippen LogP contribution >= 0.6 is 0 Å². The Morgan fingerprint density at radius 1 is 1.25 bits per heavy atom. The Labute approximate surface area is 137 Å². The predicted molar refractivity (Wildman–Crippen MR) is 89.2 cm³/mol. The van der Waals surface area contributed by atoms with Gasteiger partial charge in [-0.2, -0.15) is 5.10 Å². The molecule has 0 spiro atoms. The Kier molecular flexibility index (Phi) is 3.19. The summed E-state index contributed by atoms with van der Waals surface area (Å²) in [5.74, 6) is 0.0242. The first-order valence-electron chi connectivity index (χ1n) is 7.46. The third-order valence-corrected chi connectivity index (χ3v) is 3.87. The number of nitrogens with zero attached hydrogens (tertiary/aromatic N) is 1. The van der Waals surface area contributed by atoms with E-state index in [1.54, 1.807) is 31.3 Å². The molecule has 7 heteroatoms. The monoisotopic (exact) mass is 322 g/mol. The fourth-order valence-corrected chi connectivity index (χ4v) is 2.56. The minimum absolute atomic E-state index is 0.201. The number of aromatic amines is 1. The minimum Gasteiger partial charge on any atom is -0.479 e. The van der Waals surface area contributed by atoms with Crippen molar-refractivity contribution in [2.75, 3.05) is 10.6 Å². The van der Waals surface area contributed by atoms with Crippen LogP contribution in [0.3, 0.4) is 0 Å². The number of hydrogen-bond acceptors (Lipinski definition) is 4. The molecule has 4 rings (SSSR count). The minimum atomic E-state index is -0.585. The number of nitrogens with one attached hydrogen (secondary N) is 3. The van der Waals surface area contributed by atoms with Crippen LogP contribution in [0.25, 0.3) is 10.9 Å². The van der Waals surface area contributed by atoms with E-state index in [2.05, 4.69) is 20.8 Å². The molecule has 1 unspecified atom stereocenters. The third-order valence-electron chi connectivity index (χ3n) is 3.87. The number of rotatable bonds is 2. The van der Waals surface area contributed by atoms with Gasteiger partial charge in [0.25, 0.3) is 11.8 Å². The van der Waals surface area contributed by atoms with Gasteiger partial charge in [0.2, 0.25) is 0 Å². The van der Waals surface area contributed by atoms with E-state index in [0.29, 0.717) is 22.7 Å². The second kappa shape index (κ2) is 5.38. The van der Waals surface area contributed by atoms with Gasteiger partial charge in [-0.1, -0.05) is 0 Å². The molecule has 0 saturated carbocycles. The summed E-state index contributed by atoms with van der Waals surface area (Å²) in [6.45, 7) is 1.66. The van der Waals surface area contributed by atoms with Gasteiger partial charge in [0.1, 0.15) is 5.75 Å². The molecule has 1 aliphatic rings. The first-order chi connectivity index (χ1) is 11.6. The molecule has 24 heavy (non-hydrogen) atoms. The van der Waals surface area contributed by atoms with Gasteiger partial charge in [-0.3, -0.25) is 14.7 Å². The van der Waals surface area contributed by atoms with Crippen LogP contribution < -0.4 is 15.4 Å². The zero-order valence-electron chi connectivity index (χ0n) is 12.8. The Morgan fingerprint density at radius 2 is 2.12 bits per heavy atom. The lowest BCUT2D eigenvalue weighted by molar-refractivity contribution is -0.122. The van der Waals surface area contributed by atoms with Crippen LogP contribution in [0.15, 0.2) is 42.6 Å². The number of ether oxygens (including phenoxy) is 1. The summed E-state index contributed by atoms with van der Waals surface area (Å²) in [7, 11) is 0. The number of hydrogen-bond donors (Lipinski definition) is 3. The SMILES string of the molecule is CC1Oc2cc(C(=O)Nc3ccc4cn[nH]c4c3)ccc2NC1=O. The average molecular weight is 322 g/mol. The summed E-state index contributed by atoms with van der Waals surface area (Å²) >= 11 is 0. The van der Waals surface area contributed by atoms with Gasteiger partial charge in [-0.25, -0.2) is 0 Å². The molecule has 120 valence electrons. The average Bonchev–Trinajstić information content (AvgIpc) is 3.03. The topological polar surface area (TPSA) is 96.1 Å². The van der Waals surface area contributed by atoms with E-state index in [1.807, 2.05) is 18.2 Å². The van der Waals surface area contributed by atoms with Crippen LogP contribution in [0.1, 0.15) is 17.3 Å². The van der Waals surface area contributed by atoms with Crippen molar-refractivity contribution in [1.82, 2.24) is 10.2 Å². The summed E-state index contributed by atoms with van der Waals surface area (Å²) in [6, 6.07) is 10.4. The van der Waals surface area contributed by atoms with Crippen LogP contribution in [-0.2, 0) is 4.79 Å². The Bertz CT molecular complexity index is 963. The number of H-pyrrole nitrogens is 1. The highest BCUT2D eigenvalue weighted by atomic mass is 16.5. The van der Waals surface area contributed by atoms with Gasteiger partial charge < -0.3 is 15.4 Å². The van der Waals surface area contributed by atoms with Crippen molar-refractivity contribution in [2.45, 2.75) is 13.0 Å². The maximum absolute atomic E-state index is 12.4. The number of anilines is 2. The zero-order valence-corrected chi connectivity index (χ0v) is 12.8. The first-order valence-corrected chi connectivity index (χ1v) is 7.46. The highest BCUT2D eigenvalue weighted by Gasteiger charge is 2.24. The Hall–Kier alpha value is -3.35. The molecule has 3 aromatic rings. The van der Waals surface area contributed by atoms with Gasteiger partial charge in [-0.05, 0) is 43.3 Å².